The lowest BCUT2D eigenvalue weighted by Gasteiger charge is -2.17. The lowest BCUT2D eigenvalue weighted by atomic mass is 10.1. The van der Waals surface area contributed by atoms with Crippen LogP contribution in [0.5, 0.6) is 0 Å². The average molecular weight is 84.1 g/mol. The molecule has 0 aromatic carbocycles. The lowest BCUT2D eigenvalue weighted by molar-refractivity contribution is -0.614. The maximum absolute atomic E-state index is 3.76. The highest BCUT2D eigenvalue weighted by Crippen LogP contribution is 2.06. The Morgan fingerprint density at radius 1 is 1.83 bits per heavy atom. The highest BCUT2D eigenvalue weighted by atomic mass is 15.1. The van der Waals surface area contributed by atoms with Crippen molar-refractivity contribution in [3.63, 3.8) is 0 Å². The molecule has 6 heavy (non-hydrogen) atoms. The Bertz CT molecular complexity index is 76.0. The second kappa shape index (κ2) is 1.07. The zero-order chi connectivity index (χ0) is 4.57. The molecule has 1 heteroatoms. The summed E-state index contributed by atoms with van der Waals surface area (Å²) in [6.45, 7) is 7.14. The third kappa shape index (κ3) is 0.348. The third-order valence-electron chi connectivity index (χ3n) is 1.46. The van der Waals surface area contributed by atoms with E-state index >= 15 is 0 Å². The van der Waals surface area contributed by atoms with Gasteiger partial charge in [-0.05, 0) is 6.92 Å². The van der Waals surface area contributed by atoms with Crippen LogP contribution in [0.4, 0.5) is 0 Å². The number of hydrogen-bond acceptors (Lipinski definition) is 0. The molecule has 0 aromatic rings. The van der Waals surface area contributed by atoms with E-state index in [0.29, 0.717) is 0 Å². The molecule has 1 unspecified atom stereocenters. The second-order valence-corrected chi connectivity index (χ2v) is 1.95. The van der Waals surface area contributed by atoms with E-state index in [0.717, 1.165) is 6.04 Å². The van der Waals surface area contributed by atoms with Crippen molar-refractivity contribution < 1.29 is 4.58 Å². The summed E-state index contributed by atoms with van der Waals surface area (Å²) < 4.78 is 2.10. The zero-order valence-electron chi connectivity index (χ0n) is 4.15. The van der Waals surface area contributed by atoms with Crippen molar-refractivity contribution in [3.05, 3.63) is 0 Å². The van der Waals surface area contributed by atoms with Gasteiger partial charge < -0.3 is 0 Å². The Balaban J connectivity index is 2.39. The SMILES string of the molecule is C=[N+]1CCC1C. The quantitative estimate of drug-likeness (QED) is 0.376. The maximum atomic E-state index is 3.76. The third-order valence-corrected chi connectivity index (χ3v) is 1.46. The highest BCUT2D eigenvalue weighted by molar-refractivity contribution is 5.15. The molecule has 0 saturated carbocycles. The summed E-state index contributed by atoms with van der Waals surface area (Å²) in [4.78, 5) is 0. The van der Waals surface area contributed by atoms with Gasteiger partial charge in [-0.15, -0.1) is 0 Å². The van der Waals surface area contributed by atoms with Crippen LogP contribution >= 0.6 is 0 Å². The smallest absolute Gasteiger partial charge is 0.155 e. The predicted octanol–water partition coefficient (Wildman–Crippen LogP) is 0.492. The van der Waals surface area contributed by atoms with Gasteiger partial charge in [0.25, 0.3) is 0 Å². The van der Waals surface area contributed by atoms with Crippen molar-refractivity contribution >= 4 is 6.72 Å². The molecular formula is C5H10N+. The molecule has 1 aliphatic heterocycles. The van der Waals surface area contributed by atoms with Gasteiger partial charge in [0.15, 0.2) is 6.04 Å². The minimum absolute atomic E-state index is 0.755. The second-order valence-electron chi connectivity index (χ2n) is 1.95. The fourth-order valence-corrected chi connectivity index (χ4v) is 0.570. The Labute approximate surface area is 38.3 Å². The van der Waals surface area contributed by atoms with Gasteiger partial charge in [0.1, 0.15) is 13.3 Å². The van der Waals surface area contributed by atoms with Crippen LogP contribution in [0.3, 0.4) is 0 Å². The van der Waals surface area contributed by atoms with E-state index in [1.165, 1.54) is 13.0 Å². The molecule has 1 aliphatic rings. The molecule has 1 saturated heterocycles. The molecule has 0 radical (unpaired) electrons. The Kier molecular flexibility index (Phi) is 0.685. The average Bonchev–Trinajstić information content (AvgIpc) is 1.61. The zero-order valence-corrected chi connectivity index (χ0v) is 4.15. The molecule has 1 fully saturated rings. The minimum Gasteiger partial charge on any atom is -0.239 e. The first-order valence-corrected chi connectivity index (χ1v) is 2.38. The van der Waals surface area contributed by atoms with E-state index in [1.807, 2.05) is 0 Å². The summed E-state index contributed by atoms with van der Waals surface area (Å²) in [5.74, 6) is 0. The summed E-state index contributed by atoms with van der Waals surface area (Å²) in [6, 6.07) is 0.755. The summed E-state index contributed by atoms with van der Waals surface area (Å²) in [7, 11) is 0. The lowest BCUT2D eigenvalue weighted by Crippen LogP contribution is -2.35. The normalized spacial score (nSPS) is 32.8. The van der Waals surface area contributed by atoms with Crippen molar-refractivity contribution in [1.82, 2.24) is 0 Å². The van der Waals surface area contributed by atoms with Gasteiger partial charge in [0.05, 0.1) is 6.42 Å². The number of hydrogen-bond donors (Lipinski definition) is 0. The molecule has 1 heterocycles. The molecule has 34 valence electrons. The molecule has 1 atom stereocenters. The standard InChI is InChI=1S/C5H10N/c1-5-3-4-6(5)2/h5H,2-4H2,1H3/q+1. The first kappa shape index (κ1) is 3.85. The van der Waals surface area contributed by atoms with Crippen LogP contribution in [-0.4, -0.2) is 23.9 Å². The maximum Gasteiger partial charge on any atom is 0.155 e. The minimum atomic E-state index is 0.755. The van der Waals surface area contributed by atoms with E-state index in [2.05, 4.69) is 18.2 Å². The van der Waals surface area contributed by atoms with Gasteiger partial charge in [-0.3, -0.25) is 0 Å². The molecule has 0 aliphatic carbocycles. The first-order chi connectivity index (χ1) is 2.80. The van der Waals surface area contributed by atoms with Crippen LogP contribution < -0.4 is 0 Å². The van der Waals surface area contributed by atoms with Crippen molar-refractivity contribution in [2.24, 2.45) is 0 Å². The largest absolute Gasteiger partial charge is 0.239 e. The summed E-state index contributed by atoms with van der Waals surface area (Å²) in [6.07, 6.45) is 1.34. The monoisotopic (exact) mass is 84.1 g/mol. The van der Waals surface area contributed by atoms with Gasteiger partial charge in [0, 0.05) is 0 Å². The van der Waals surface area contributed by atoms with Crippen molar-refractivity contribution in [3.8, 4) is 0 Å². The Morgan fingerprint density at radius 3 is 2.33 bits per heavy atom. The molecule has 1 rings (SSSR count). The fraction of sp³-hybridized carbons (Fsp3) is 0.800. The Hall–Kier alpha value is -0.330. The fourth-order valence-electron chi connectivity index (χ4n) is 0.570. The summed E-state index contributed by atoms with van der Waals surface area (Å²) >= 11 is 0. The topological polar surface area (TPSA) is 3.01 Å². The van der Waals surface area contributed by atoms with Gasteiger partial charge in [-0.2, -0.15) is 0 Å². The van der Waals surface area contributed by atoms with Gasteiger partial charge in [-0.25, -0.2) is 4.58 Å². The van der Waals surface area contributed by atoms with Crippen LogP contribution in [0.2, 0.25) is 0 Å². The van der Waals surface area contributed by atoms with E-state index in [-0.39, 0.29) is 0 Å². The van der Waals surface area contributed by atoms with E-state index in [1.54, 1.807) is 0 Å². The van der Waals surface area contributed by atoms with E-state index < -0.39 is 0 Å². The van der Waals surface area contributed by atoms with Crippen LogP contribution in [0.25, 0.3) is 0 Å². The molecule has 0 amide bonds. The first-order valence-electron chi connectivity index (χ1n) is 2.38. The summed E-state index contributed by atoms with van der Waals surface area (Å²) in [5.41, 5.74) is 0. The molecule has 0 N–H and O–H groups in total. The van der Waals surface area contributed by atoms with E-state index in [4.69, 9.17) is 0 Å². The predicted molar refractivity (Wildman–Crippen MR) is 26.3 cm³/mol. The number of nitrogens with zero attached hydrogens (tertiary/aromatic N) is 1. The van der Waals surface area contributed by atoms with E-state index in [9.17, 15) is 0 Å². The molecule has 0 aromatic heterocycles. The number of rotatable bonds is 0. The molecule has 0 bridgehead atoms. The van der Waals surface area contributed by atoms with Crippen LogP contribution in [-0.2, 0) is 0 Å². The molecule has 0 spiro atoms. The van der Waals surface area contributed by atoms with Gasteiger partial charge >= 0.3 is 0 Å². The summed E-state index contributed by atoms with van der Waals surface area (Å²) in [5, 5.41) is 0. The van der Waals surface area contributed by atoms with Crippen molar-refractivity contribution in [2.45, 2.75) is 19.4 Å². The molecular weight excluding hydrogens is 74.1 g/mol. The van der Waals surface area contributed by atoms with Crippen molar-refractivity contribution in [2.75, 3.05) is 6.54 Å². The van der Waals surface area contributed by atoms with Crippen LogP contribution in [0.15, 0.2) is 0 Å². The molecule has 1 nitrogen and oxygen atoms in total. The van der Waals surface area contributed by atoms with Crippen LogP contribution in [0, 0.1) is 0 Å². The van der Waals surface area contributed by atoms with Gasteiger partial charge in [0.2, 0.25) is 0 Å². The van der Waals surface area contributed by atoms with Gasteiger partial charge in [-0.1, -0.05) is 0 Å². The van der Waals surface area contributed by atoms with Crippen LogP contribution in [0.1, 0.15) is 13.3 Å². The van der Waals surface area contributed by atoms with Crippen molar-refractivity contribution in [1.29, 1.82) is 0 Å². The highest BCUT2D eigenvalue weighted by Gasteiger charge is 2.23. The Morgan fingerprint density at radius 2 is 2.33 bits per heavy atom.